The molecule has 0 spiro atoms. The molecule has 8 heteroatoms. The Labute approximate surface area is 194 Å². The first-order valence-corrected chi connectivity index (χ1v) is 13.8. The van der Waals surface area contributed by atoms with Gasteiger partial charge in [0.1, 0.15) is 12.3 Å². The Kier molecular flexibility index (Phi) is 7.00. The van der Waals surface area contributed by atoms with Crippen LogP contribution in [0.3, 0.4) is 0 Å². The number of hydrogen-bond acceptors (Lipinski definition) is 5. The molecule has 0 radical (unpaired) electrons. The van der Waals surface area contributed by atoms with Crippen molar-refractivity contribution in [2.75, 3.05) is 23.7 Å². The Bertz CT molecular complexity index is 1060. The van der Waals surface area contributed by atoms with E-state index in [2.05, 4.69) is 5.32 Å². The van der Waals surface area contributed by atoms with Crippen molar-refractivity contribution in [3.63, 3.8) is 0 Å². The van der Waals surface area contributed by atoms with Gasteiger partial charge in [-0.3, -0.25) is 9.10 Å². The van der Waals surface area contributed by atoms with Gasteiger partial charge in [-0.25, -0.2) is 8.42 Å². The van der Waals surface area contributed by atoms with Crippen LogP contribution in [0.15, 0.2) is 58.3 Å². The number of nitrogens with zero attached hydrogens (tertiary/aromatic N) is 1. The highest BCUT2D eigenvalue weighted by atomic mass is 32.2. The SMILES string of the molecule is CCOc1ccccc1N(CC(=O)NC1CC2CCC1C2)S(=O)(=O)c1ccc(SC)cc1. The van der Waals surface area contributed by atoms with Crippen LogP contribution in [0.5, 0.6) is 5.75 Å². The summed E-state index contributed by atoms with van der Waals surface area (Å²) in [5.74, 6) is 1.37. The molecule has 3 atom stereocenters. The van der Waals surface area contributed by atoms with Gasteiger partial charge in [-0.1, -0.05) is 18.6 Å². The number of hydrogen-bond donors (Lipinski definition) is 1. The van der Waals surface area contributed by atoms with Crippen LogP contribution in [0.1, 0.15) is 32.6 Å². The number of thioether (sulfide) groups is 1. The lowest BCUT2D eigenvalue weighted by molar-refractivity contribution is -0.120. The fourth-order valence-electron chi connectivity index (χ4n) is 4.92. The quantitative estimate of drug-likeness (QED) is 0.548. The number of anilines is 1. The third kappa shape index (κ3) is 4.76. The number of carbonyl (C=O) groups is 1. The van der Waals surface area contributed by atoms with E-state index in [1.807, 2.05) is 13.2 Å². The number of benzene rings is 2. The third-order valence-corrected chi connectivity index (χ3v) is 8.97. The van der Waals surface area contributed by atoms with Crippen molar-refractivity contribution in [1.29, 1.82) is 0 Å². The number of carbonyl (C=O) groups excluding carboxylic acids is 1. The van der Waals surface area contributed by atoms with E-state index in [0.717, 1.165) is 17.7 Å². The smallest absolute Gasteiger partial charge is 0.264 e. The average molecular weight is 475 g/mol. The summed E-state index contributed by atoms with van der Waals surface area (Å²) in [6, 6.07) is 13.8. The molecule has 2 bridgehead atoms. The van der Waals surface area contributed by atoms with Gasteiger partial charge in [-0.05, 0) is 80.7 Å². The highest BCUT2D eigenvalue weighted by Crippen LogP contribution is 2.44. The molecular formula is C24H30N2O4S2. The highest BCUT2D eigenvalue weighted by Gasteiger charge is 2.40. The normalized spacial score (nSPS) is 22.0. The zero-order chi connectivity index (χ0) is 22.7. The first-order valence-electron chi connectivity index (χ1n) is 11.1. The Balaban J connectivity index is 1.64. The summed E-state index contributed by atoms with van der Waals surface area (Å²) in [7, 11) is -3.98. The number of fused-ring (bicyclic) bond motifs is 2. The number of nitrogens with one attached hydrogen (secondary N) is 1. The van der Waals surface area contributed by atoms with Crippen LogP contribution in [-0.2, 0) is 14.8 Å². The summed E-state index contributed by atoms with van der Waals surface area (Å²) >= 11 is 1.54. The maximum Gasteiger partial charge on any atom is 0.264 e. The van der Waals surface area contributed by atoms with Crippen molar-refractivity contribution in [3.8, 4) is 5.75 Å². The maximum absolute atomic E-state index is 13.7. The maximum atomic E-state index is 13.7. The van der Waals surface area contributed by atoms with Gasteiger partial charge < -0.3 is 10.1 Å². The summed E-state index contributed by atoms with van der Waals surface area (Å²) < 4.78 is 34.2. The molecule has 0 heterocycles. The second-order valence-electron chi connectivity index (χ2n) is 8.44. The van der Waals surface area contributed by atoms with Crippen LogP contribution in [0.2, 0.25) is 0 Å². The van der Waals surface area contributed by atoms with E-state index in [9.17, 15) is 13.2 Å². The third-order valence-electron chi connectivity index (χ3n) is 6.45. The van der Waals surface area contributed by atoms with Gasteiger partial charge in [-0.15, -0.1) is 11.8 Å². The zero-order valence-electron chi connectivity index (χ0n) is 18.5. The molecule has 2 aliphatic carbocycles. The first kappa shape index (κ1) is 23.0. The van der Waals surface area contributed by atoms with E-state index in [4.69, 9.17) is 4.74 Å². The molecular weight excluding hydrogens is 444 g/mol. The molecule has 2 aromatic carbocycles. The van der Waals surface area contributed by atoms with E-state index in [1.165, 1.54) is 17.1 Å². The minimum atomic E-state index is -3.98. The largest absolute Gasteiger partial charge is 0.492 e. The monoisotopic (exact) mass is 474 g/mol. The molecule has 2 saturated carbocycles. The number of amides is 1. The Morgan fingerprint density at radius 1 is 1.12 bits per heavy atom. The minimum Gasteiger partial charge on any atom is -0.492 e. The predicted molar refractivity (Wildman–Crippen MR) is 128 cm³/mol. The Morgan fingerprint density at radius 3 is 2.50 bits per heavy atom. The molecule has 2 aromatic rings. The Hall–Kier alpha value is -2.19. The minimum absolute atomic E-state index is 0.147. The lowest BCUT2D eigenvalue weighted by Gasteiger charge is -2.28. The molecule has 2 aliphatic rings. The second kappa shape index (κ2) is 9.75. The van der Waals surface area contributed by atoms with Gasteiger partial charge in [0, 0.05) is 10.9 Å². The molecule has 1 amide bonds. The number of rotatable bonds is 9. The van der Waals surface area contributed by atoms with Crippen molar-refractivity contribution in [1.82, 2.24) is 5.32 Å². The van der Waals surface area contributed by atoms with Crippen LogP contribution in [0, 0.1) is 11.8 Å². The summed E-state index contributed by atoms with van der Waals surface area (Å²) in [6.45, 7) is 1.95. The molecule has 172 valence electrons. The standard InChI is InChI=1S/C24H30N2O4S2/c1-3-30-23-7-5-4-6-22(23)26(32(28,29)20-12-10-19(31-2)11-13-20)16-24(27)25-21-15-17-8-9-18(21)14-17/h4-7,10-13,17-18,21H,3,8-9,14-16H2,1-2H3,(H,25,27). The van der Waals surface area contributed by atoms with E-state index < -0.39 is 10.0 Å². The van der Waals surface area contributed by atoms with Gasteiger partial charge in [0.05, 0.1) is 17.2 Å². The average Bonchev–Trinajstić information content (AvgIpc) is 3.41. The molecule has 6 nitrogen and oxygen atoms in total. The lowest BCUT2D eigenvalue weighted by Crippen LogP contribution is -2.46. The van der Waals surface area contributed by atoms with Gasteiger partial charge in [0.2, 0.25) is 5.91 Å². The van der Waals surface area contributed by atoms with Crippen LogP contribution in [0.25, 0.3) is 0 Å². The second-order valence-corrected chi connectivity index (χ2v) is 11.2. The van der Waals surface area contributed by atoms with E-state index in [1.54, 1.807) is 60.3 Å². The van der Waals surface area contributed by atoms with E-state index >= 15 is 0 Å². The van der Waals surface area contributed by atoms with Gasteiger partial charge in [-0.2, -0.15) is 0 Å². The number of para-hydroxylation sites is 2. The Morgan fingerprint density at radius 2 is 1.88 bits per heavy atom. The topological polar surface area (TPSA) is 75.7 Å². The number of ether oxygens (including phenoxy) is 1. The summed E-state index contributed by atoms with van der Waals surface area (Å²) in [4.78, 5) is 14.2. The van der Waals surface area contributed by atoms with Crippen molar-refractivity contribution in [2.24, 2.45) is 11.8 Å². The zero-order valence-corrected chi connectivity index (χ0v) is 20.1. The van der Waals surface area contributed by atoms with Crippen molar-refractivity contribution >= 4 is 33.4 Å². The fourth-order valence-corrected chi connectivity index (χ4v) is 6.76. The molecule has 0 saturated heterocycles. The van der Waals surface area contributed by atoms with Crippen LogP contribution in [0.4, 0.5) is 5.69 Å². The highest BCUT2D eigenvalue weighted by molar-refractivity contribution is 7.98. The van der Waals surface area contributed by atoms with Crippen molar-refractivity contribution < 1.29 is 17.9 Å². The van der Waals surface area contributed by atoms with Crippen LogP contribution < -0.4 is 14.4 Å². The molecule has 4 rings (SSSR count). The molecule has 1 N–H and O–H groups in total. The molecule has 2 fully saturated rings. The lowest BCUT2D eigenvalue weighted by atomic mass is 9.95. The van der Waals surface area contributed by atoms with Gasteiger partial charge in [0.25, 0.3) is 10.0 Å². The molecule has 0 aliphatic heterocycles. The summed E-state index contributed by atoms with van der Waals surface area (Å²) in [6.07, 6.45) is 6.49. The van der Waals surface area contributed by atoms with Gasteiger partial charge in [0.15, 0.2) is 0 Å². The van der Waals surface area contributed by atoms with E-state index in [-0.39, 0.29) is 23.4 Å². The fraction of sp³-hybridized carbons (Fsp3) is 0.458. The number of sulfonamides is 1. The van der Waals surface area contributed by atoms with Gasteiger partial charge >= 0.3 is 0 Å². The predicted octanol–water partition coefficient (Wildman–Crippen LogP) is 4.31. The van der Waals surface area contributed by atoms with Crippen LogP contribution >= 0.6 is 11.8 Å². The van der Waals surface area contributed by atoms with Crippen molar-refractivity contribution in [2.45, 2.75) is 48.4 Å². The first-order chi connectivity index (χ1) is 15.4. The summed E-state index contributed by atoms with van der Waals surface area (Å²) in [5, 5.41) is 3.11. The van der Waals surface area contributed by atoms with Crippen molar-refractivity contribution in [3.05, 3.63) is 48.5 Å². The molecule has 0 aromatic heterocycles. The van der Waals surface area contributed by atoms with E-state index in [0.29, 0.717) is 29.9 Å². The molecule has 32 heavy (non-hydrogen) atoms. The summed E-state index contributed by atoms with van der Waals surface area (Å²) in [5.41, 5.74) is 0.367. The van der Waals surface area contributed by atoms with Crippen LogP contribution in [-0.4, -0.2) is 39.8 Å². The molecule has 3 unspecified atom stereocenters.